The summed E-state index contributed by atoms with van der Waals surface area (Å²) in [4.78, 5) is 18.9. The number of aromatic nitrogens is 1. The molecule has 0 N–H and O–H groups in total. The largest absolute Gasteiger partial charge is 0.488 e. The second-order valence-corrected chi connectivity index (χ2v) is 9.91. The Morgan fingerprint density at radius 1 is 1.03 bits per heavy atom. The highest BCUT2D eigenvalue weighted by atomic mass is 79.9. The zero-order chi connectivity index (χ0) is 23.4. The summed E-state index contributed by atoms with van der Waals surface area (Å²) in [6.45, 7) is 0.187. The van der Waals surface area contributed by atoms with Gasteiger partial charge < -0.3 is 4.74 Å². The van der Waals surface area contributed by atoms with Crippen LogP contribution >= 0.6 is 27.3 Å². The maximum atomic E-state index is 14.1. The van der Waals surface area contributed by atoms with E-state index in [-0.39, 0.29) is 18.0 Å². The molecule has 6 rings (SSSR count). The summed E-state index contributed by atoms with van der Waals surface area (Å²) < 4.78 is 36.8. The lowest BCUT2D eigenvalue weighted by Gasteiger charge is -2.30. The van der Waals surface area contributed by atoms with Crippen molar-refractivity contribution in [3.05, 3.63) is 125 Å². The molecule has 0 bridgehead atoms. The fourth-order valence-electron chi connectivity index (χ4n) is 4.30. The molecule has 4 nitrogen and oxygen atoms in total. The molecule has 0 aliphatic carbocycles. The molecular weight excluding hydrogens is 522 g/mol. The molecule has 0 amide bonds. The summed E-state index contributed by atoms with van der Waals surface area (Å²) in [5.74, 6) is -0.230. The van der Waals surface area contributed by atoms with Crippen LogP contribution in [0.4, 0.5) is 8.78 Å². The van der Waals surface area contributed by atoms with Crippen LogP contribution in [-0.4, -0.2) is 11.2 Å². The lowest BCUT2D eigenvalue weighted by molar-refractivity contribution is 0.328. The predicted molar refractivity (Wildman–Crippen MR) is 130 cm³/mol. The monoisotopic (exact) mass is 536 g/mol. The molecule has 0 radical (unpaired) electrons. The Hall–Kier alpha value is -3.36. The van der Waals surface area contributed by atoms with Crippen molar-refractivity contribution < 1.29 is 13.5 Å². The zero-order valence-corrected chi connectivity index (χ0v) is 19.9. The molecule has 1 unspecified atom stereocenters. The van der Waals surface area contributed by atoms with Gasteiger partial charge in [0.25, 0.3) is 5.56 Å². The van der Waals surface area contributed by atoms with Crippen molar-refractivity contribution in [2.75, 3.05) is 6.61 Å². The summed E-state index contributed by atoms with van der Waals surface area (Å²) in [5.41, 5.74) is 3.27. The molecule has 0 saturated heterocycles. The number of halogens is 3. The Morgan fingerprint density at radius 2 is 1.76 bits per heavy atom. The molecule has 3 heterocycles. The zero-order valence-electron chi connectivity index (χ0n) is 17.5. The number of nitrogens with zero attached hydrogens (tertiary/aromatic N) is 2. The van der Waals surface area contributed by atoms with Crippen LogP contribution in [0.1, 0.15) is 22.7 Å². The number of ether oxygens (including phenoxy) is 1. The summed E-state index contributed by atoms with van der Waals surface area (Å²) >= 11 is 4.69. The van der Waals surface area contributed by atoms with Gasteiger partial charge in [-0.2, -0.15) is 0 Å². The van der Waals surface area contributed by atoms with E-state index in [4.69, 9.17) is 9.73 Å². The molecule has 2 aliphatic rings. The molecule has 0 saturated carbocycles. The number of rotatable bonds is 2. The maximum absolute atomic E-state index is 14.1. The van der Waals surface area contributed by atoms with Crippen molar-refractivity contribution in [1.29, 1.82) is 0 Å². The number of benzene rings is 3. The van der Waals surface area contributed by atoms with Crippen LogP contribution in [0, 0.1) is 11.6 Å². The summed E-state index contributed by atoms with van der Waals surface area (Å²) in [6.07, 6.45) is 1.82. The summed E-state index contributed by atoms with van der Waals surface area (Å²) in [7, 11) is 0. The van der Waals surface area contributed by atoms with Crippen molar-refractivity contribution >= 4 is 39.0 Å². The third-order valence-corrected chi connectivity index (χ3v) is 7.38. The van der Waals surface area contributed by atoms with Crippen LogP contribution in [0.2, 0.25) is 0 Å². The third-order valence-electron chi connectivity index (χ3n) is 5.87. The van der Waals surface area contributed by atoms with E-state index in [1.807, 2.05) is 30.3 Å². The van der Waals surface area contributed by atoms with Crippen LogP contribution in [0.3, 0.4) is 0 Å². The molecule has 0 fully saturated rings. The molecule has 8 heteroatoms. The molecule has 34 heavy (non-hydrogen) atoms. The van der Waals surface area contributed by atoms with Crippen LogP contribution in [0.15, 0.2) is 86.6 Å². The molecule has 3 aromatic carbocycles. The number of hydrogen-bond donors (Lipinski definition) is 0. The highest BCUT2D eigenvalue weighted by Crippen LogP contribution is 2.41. The van der Waals surface area contributed by atoms with Crippen LogP contribution < -0.4 is 19.6 Å². The molecule has 168 valence electrons. The van der Waals surface area contributed by atoms with E-state index in [1.165, 1.54) is 35.6 Å². The topological polar surface area (TPSA) is 43.6 Å². The van der Waals surface area contributed by atoms with Gasteiger partial charge >= 0.3 is 0 Å². The van der Waals surface area contributed by atoms with Crippen LogP contribution in [0.25, 0.3) is 11.8 Å². The Balaban J connectivity index is 1.62. The third kappa shape index (κ3) is 3.54. The van der Waals surface area contributed by atoms with Gasteiger partial charge in [-0.25, -0.2) is 13.8 Å². The first-order valence-corrected chi connectivity index (χ1v) is 12.1. The first-order chi connectivity index (χ1) is 16.5. The number of thiazole rings is 1. The first kappa shape index (κ1) is 21.2. The molecule has 0 spiro atoms. The van der Waals surface area contributed by atoms with Gasteiger partial charge in [0.15, 0.2) is 4.80 Å². The van der Waals surface area contributed by atoms with Crippen molar-refractivity contribution in [2.24, 2.45) is 4.99 Å². The molecule has 1 atom stereocenters. The van der Waals surface area contributed by atoms with Crippen molar-refractivity contribution in [3.63, 3.8) is 0 Å². The van der Waals surface area contributed by atoms with E-state index in [0.29, 0.717) is 26.3 Å². The quantitative estimate of drug-likeness (QED) is 0.369. The SMILES string of the molecule is O=c1/c(=C\c2ccc(Br)cc2)sc2n1C(c1ccc(F)cc1)C1=C(N=2)c2cc(F)ccc2OC1. The molecule has 2 aliphatic heterocycles. The van der Waals surface area contributed by atoms with Crippen LogP contribution in [-0.2, 0) is 0 Å². The highest BCUT2D eigenvalue weighted by Gasteiger charge is 2.33. The summed E-state index contributed by atoms with van der Waals surface area (Å²) in [5, 5.41) is 0. The van der Waals surface area contributed by atoms with E-state index >= 15 is 0 Å². The molecule has 1 aromatic heterocycles. The smallest absolute Gasteiger partial charge is 0.271 e. The van der Waals surface area contributed by atoms with Crippen molar-refractivity contribution in [3.8, 4) is 5.75 Å². The van der Waals surface area contributed by atoms with E-state index in [9.17, 15) is 13.6 Å². The average Bonchev–Trinajstić information content (AvgIpc) is 3.14. The second-order valence-electron chi connectivity index (χ2n) is 7.99. The van der Waals surface area contributed by atoms with E-state index in [0.717, 1.165) is 21.2 Å². The number of fused-ring (bicyclic) bond motifs is 3. The van der Waals surface area contributed by atoms with Gasteiger partial charge in [-0.1, -0.05) is 51.5 Å². The minimum Gasteiger partial charge on any atom is -0.488 e. The van der Waals surface area contributed by atoms with Gasteiger partial charge in [-0.05, 0) is 59.7 Å². The Morgan fingerprint density at radius 3 is 2.53 bits per heavy atom. The van der Waals surface area contributed by atoms with Crippen LogP contribution in [0.5, 0.6) is 5.75 Å². The fourth-order valence-corrected chi connectivity index (χ4v) is 5.57. The second kappa shape index (κ2) is 8.14. The highest BCUT2D eigenvalue weighted by molar-refractivity contribution is 9.10. The van der Waals surface area contributed by atoms with Crippen molar-refractivity contribution in [1.82, 2.24) is 4.57 Å². The Bertz CT molecular complexity index is 1660. The van der Waals surface area contributed by atoms with Gasteiger partial charge in [-0.15, -0.1) is 0 Å². The number of hydrogen-bond acceptors (Lipinski definition) is 4. The fraction of sp³-hybridized carbons (Fsp3) is 0.0769. The van der Waals surface area contributed by atoms with E-state index < -0.39 is 11.9 Å². The van der Waals surface area contributed by atoms with Gasteiger partial charge in [0, 0.05) is 15.6 Å². The summed E-state index contributed by atoms with van der Waals surface area (Å²) in [6, 6.07) is 17.5. The average molecular weight is 537 g/mol. The van der Waals surface area contributed by atoms with Crippen molar-refractivity contribution in [2.45, 2.75) is 6.04 Å². The maximum Gasteiger partial charge on any atom is 0.271 e. The predicted octanol–water partition coefficient (Wildman–Crippen LogP) is 4.81. The standard InChI is InChI=1S/C26H15BrF2N2O2S/c27-16-5-1-14(2-6-16)11-22-25(32)31-24(15-3-7-17(28)8-4-15)20-13-33-21-10-9-18(29)12-19(21)23(20)30-26(31)34-22/h1-12,24H,13H2/b22-11+. The molecular formula is C26H15BrF2N2O2S. The van der Waals surface area contributed by atoms with Gasteiger partial charge in [0.05, 0.1) is 16.3 Å². The lowest BCUT2D eigenvalue weighted by atomic mass is 9.92. The van der Waals surface area contributed by atoms with E-state index in [2.05, 4.69) is 15.9 Å². The van der Waals surface area contributed by atoms with E-state index in [1.54, 1.807) is 22.8 Å². The normalized spacial score (nSPS) is 16.9. The first-order valence-electron chi connectivity index (χ1n) is 10.5. The molecule has 4 aromatic rings. The lowest BCUT2D eigenvalue weighted by Crippen LogP contribution is -2.39. The Labute approximate surface area is 204 Å². The van der Waals surface area contributed by atoms with Gasteiger partial charge in [-0.3, -0.25) is 9.36 Å². The minimum absolute atomic E-state index is 0.187. The van der Waals surface area contributed by atoms with Gasteiger partial charge in [0.2, 0.25) is 0 Å². The minimum atomic E-state index is -0.546. The van der Waals surface area contributed by atoms with Gasteiger partial charge in [0.1, 0.15) is 24.0 Å². The Kier molecular flexibility index (Phi) is 5.08.